The smallest absolute Gasteiger partial charge is 0.244 e. The van der Waals surface area contributed by atoms with Crippen LogP contribution in [0.1, 0.15) is 25.7 Å². The number of anilines is 1. The number of hydrogen-bond acceptors (Lipinski definition) is 3. The van der Waals surface area contributed by atoms with E-state index in [0.29, 0.717) is 0 Å². The number of para-hydroxylation sites is 2. The number of H-pyrrole nitrogens is 1. The largest absolute Gasteiger partial charge is 0.338 e. The first-order valence-electron chi connectivity index (χ1n) is 8.30. The highest BCUT2D eigenvalue weighted by molar-refractivity contribution is 5.98. The Morgan fingerprint density at radius 3 is 2.54 bits per heavy atom. The van der Waals surface area contributed by atoms with Crippen LogP contribution in [0.5, 0.6) is 0 Å². The monoisotopic (exact) mass is 392 g/mol. The predicted octanol–water partition coefficient (Wildman–Crippen LogP) is 4.28. The van der Waals surface area contributed by atoms with Gasteiger partial charge in [0, 0.05) is 11.3 Å². The maximum Gasteiger partial charge on any atom is 0.244 e. The third-order valence-corrected chi connectivity index (χ3v) is 4.73. The minimum Gasteiger partial charge on any atom is -0.338 e. The number of halogens is 2. The zero-order chi connectivity index (χ0) is 16.6. The van der Waals surface area contributed by atoms with E-state index in [4.69, 9.17) is 5.73 Å². The van der Waals surface area contributed by atoms with Crippen LogP contribution in [0.15, 0.2) is 48.5 Å². The van der Waals surface area contributed by atoms with Crippen molar-refractivity contribution in [3.63, 3.8) is 0 Å². The molecule has 0 spiro atoms. The van der Waals surface area contributed by atoms with Crippen molar-refractivity contribution in [1.82, 2.24) is 9.97 Å². The number of nitrogens with two attached hydrogens (primary N) is 1. The van der Waals surface area contributed by atoms with E-state index in [0.717, 1.165) is 53.8 Å². The Bertz CT molecular complexity index is 870. The molecule has 0 unspecified atom stereocenters. The van der Waals surface area contributed by atoms with Gasteiger partial charge < -0.3 is 16.0 Å². The lowest BCUT2D eigenvalue weighted by Crippen LogP contribution is -2.48. The summed E-state index contributed by atoms with van der Waals surface area (Å²) >= 11 is 0. The number of rotatable bonds is 3. The maximum absolute atomic E-state index is 12.5. The summed E-state index contributed by atoms with van der Waals surface area (Å²) < 4.78 is 0. The van der Waals surface area contributed by atoms with Gasteiger partial charge in [-0.1, -0.05) is 37.1 Å². The zero-order valence-electron chi connectivity index (χ0n) is 14.2. The molecule has 0 bridgehead atoms. The van der Waals surface area contributed by atoms with Gasteiger partial charge in [-0.2, -0.15) is 0 Å². The molecule has 4 rings (SSSR count). The fourth-order valence-corrected chi connectivity index (χ4v) is 3.32. The van der Waals surface area contributed by atoms with Crippen LogP contribution in [0, 0.1) is 0 Å². The van der Waals surface area contributed by atoms with E-state index in [1.54, 1.807) is 0 Å². The number of carbonyl (C=O) groups excluding carboxylic acids is 1. The Morgan fingerprint density at radius 2 is 1.81 bits per heavy atom. The molecule has 1 heterocycles. The quantitative estimate of drug-likeness (QED) is 0.621. The molecular formula is C19H22Cl2N4O. The van der Waals surface area contributed by atoms with Crippen molar-refractivity contribution in [1.29, 1.82) is 0 Å². The maximum atomic E-state index is 12.5. The molecule has 1 aliphatic carbocycles. The van der Waals surface area contributed by atoms with E-state index < -0.39 is 5.54 Å². The minimum atomic E-state index is -0.727. The summed E-state index contributed by atoms with van der Waals surface area (Å²) in [7, 11) is 0. The fourth-order valence-electron chi connectivity index (χ4n) is 3.32. The van der Waals surface area contributed by atoms with Gasteiger partial charge in [0.2, 0.25) is 5.91 Å². The summed E-state index contributed by atoms with van der Waals surface area (Å²) in [5.41, 5.74) is 9.09. The molecule has 138 valence electrons. The summed E-state index contributed by atoms with van der Waals surface area (Å²) in [6.45, 7) is 0. The van der Waals surface area contributed by atoms with Gasteiger partial charge in [0.25, 0.3) is 0 Å². The number of amides is 1. The SMILES string of the molecule is Cl.Cl.NC1(C(=O)Nc2cccc(-c3nc4ccccc4[nH]3)c2)CCCC1. The van der Waals surface area contributed by atoms with E-state index in [2.05, 4.69) is 15.3 Å². The summed E-state index contributed by atoms with van der Waals surface area (Å²) in [5, 5.41) is 2.96. The number of benzene rings is 2. The Labute approximate surface area is 164 Å². The molecule has 5 nitrogen and oxygen atoms in total. The van der Waals surface area contributed by atoms with Crippen molar-refractivity contribution in [2.45, 2.75) is 31.2 Å². The van der Waals surface area contributed by atoms with E-state index in [1.165, 1.54) is 0 Å². The van der Waals surface area contributed by atoms with Crippen LogP contribution in [0.2, 0.25) is 0 Å². The topological polar surface area (TPSA) is 83.8 Å². The first-order valence-corrected chi connectivity index (χ1v) is 8.30. The summed E-state index contributed by atoms with van der Waals surface area (Å²) in [6.07, 6.45) is 3.54. The Kier molecular flexibility index (Phi) is 6.29. The van der Waals surface area contributed by atoms with Crippen molar-refractivity contribution in [2.75, 3.05) is 5.32 Å². The molecule has 0 saturated heterocycles. The van der Waals surface area contributed by atoms with Crippen LogP contribution in [0.3, 0.4) is 0 Å². The lowest BCUT2D eigenvalue weighted by molar-refractivity contribution is -0.121. The van der Waals surface area contributed by atoms with Crippen molar-refractivity contribution < 1.29 is 4.79 Å². The molecule has 0 aliphatic heterocycles. The number of nitrogens with one attached hydrogen (secondary N) is 2. The van der Waals surface area contributed by atoms with Crippen LogP contribution < -0.4 is 11.1 Å². The van der Waals surface area contributed by atoms with E-state index >= 15 is 0 Å². The van der Waals surface area contributed by atoms with E-state index in [-0.39, 0.29) is 30.7 Å². The van der Waals surface area contributed by atoms with Crippen molar-refractivity contribution in [3.8, 4) is 11.4 Å². The first-order chi connectivity index (χ1) is 11.6. The van der Waals surface area contributed by atoms with Gasteiger partial charge >= 0.3 is 0 Å². The highest BCUT2D eigenvalue weighted by atomic mass is 35.5. The molecule has 0 radical (unpaired) electrons. The predicted molar refractivity (Wildman–Crippen MR) is 110 cm³/mol. The van der Waals surface area contributed by atoms with E-state index in [9.17, 15) is 4.79 Å². The molecule has 3 aromatic rings. The van der Waals surface area contributed by atoms with Gasteiger partial charge in [0.15, 0.2) is 0 Å². The van der Waals surface area contributed by atoms with Gasteiger partial charge in [-0.05, 0) is 37.1 Å². The fraction of sp³-hybridized carbons (Fsp3) is 0.263. The highest BCUT2D eigenvalue weighted by Crippen LogP contribution is 2.29. The first kappa shape index (κ1) is 20.2. The third kappa shape index (κ3) is 3.85. The standard InChI is InChI=1S/C19H20N4O.2ClH/c20-19(10-3-4-11-19)18(24)21-14-7-5-6-13(12-14)17-22-15-8-1-2-9-16(15)23-17;;/h1-2,5-9,12H,3-4,10-11,20H2,(H,21,24)(H,22,23);2*1H. The Balaban J connectivity index is 0.00000121. The molecule has 7 heteroatoms. The normalized spacial score (nSPS) is 15.1. The number of nitrogens with zero attached hydrogens (tertiary/aromatic N) is 1. The molecule has 1 aromatic heterocycles. The van der Waals surface area contributed by atoms with Crippen molar-refractivity contribution >= 4 is 47.4 Å². The lowest BCUT2D eigenvalue weighted by atomic mass is 9.98. The van der Waals surface area contributed by atoms with Gasteiger partial charge in [-0.25, -0.2) is 4.98 Å². The van der Waals surface area contributed by atoms with Crippen LogP contribution in [0.4, 0.5) is 5.69 Å². The minimum absolute atomic E-state index is 0. The van der Waals surface area contributed by atoms with Crippen LogP contribution in [0.25, 0.3) is 22.4 Å². The van der Waals surface area contributed by atoms with Crippen LogP contribution >= 0.6 is 24.8 Å². The second kappa shape index (κ2) is 8.08. The Morgan fingerprint density at radius 1 is 1.08 bits per heavy atom. The summed E-state index contributed by atoms with van der Waals surface area (Å²) in [5.74, 6) is 0.692. The molecule has 0 atom stereocenters. The van der Waals surface area contributed by atoms with E-state index in [1.807, 2.05) is 48.5 Å². The number of aromatic nitrogens is 2. The lowest BCUT2D eigenvalue weighted by Gasteiger charge is -2.22. The van der Waals surface area contributed by atoms with Gasteiger partial charge in [-0.15, -0.1) is 24.8 Å². The molecule has 2 aromatic carbocycles. The number of hydrogen-bond donors (Lipinski definition) is 3. The molecule has 4 N–H and O–H groups in total. The number of fused-ring (bicyclic) bond motifs is 1. The molecule has 1 amide bonds. The van der Waals surface area contributed by atoms with Crippen LogP contribution in [-0.2, 0) is 4.79 Å². The van der Waals surface area contributed by atoms with Crippen LogP contribution in [-0.4, -0.2) is 21.4 Å². The molecule has 1 fully saturated rings. The second-order valence-corrected chi connectivity index (χ2v) is 6.50. The van der Waals surface area contributed by atoms with Gasteiger partial charge in [-0.3, -0.25) is 4.79 Å². The van der Waals surface area contributed by atoms with Crippen molar-refractivity contribution in [2.24, 2.45) is 5.73 Å². The molecule has 1 aliphatic rings. The number of imidazole rings is 1. The second-order valence-electron chi connectivity index (χ2n) is 6.50. The average molecular weight is 393 g/mol. The Hall–Kier alpha value is -2.08. The average Bonchev–Trinajstić information content (AvgIpc) is 3.22. The third-order valence-electron chi connectivity index (χ3n) is 4.73. The molecular weight excluding hydrogens is 371 g/mol. The van der Waals surface area contributed by atoms with Gasteiger partial charge in [0.05, 0.1) is 16.6 Å². The summed E-state index contributed by atoms with van der Waals surface area (Å²) in [6, 6.07) is 15.6. The summed E-state index contributed by atoms with van der Waals surface area (Å²) in [4.78, 5) is 20.4. The zero-order valence-corrected chi connectivity index (χ0v) is 15.8. The van der Waals surface area contributed by atoms with Gasteiger partial charge in [0.1, 0.15) is 5.82 Å². The number of carbonyl (C=O) groups is 1. The molecule has 1 saturated carbocycles. The van der Waals surface area contributed by atoms with Crippen molar-refractivity contribution in [3.05, 3.63) is 48.5 Å². The molecule has 26 heavy (non-hydrogen) atoms. The number of aromatic amines is 1. The highest BCUT2D eigenvalue weighted by Gasteiger charge is 2.36.